The number of quaternary nitrogens is 1. The Hall–Kier alpha value is -1.57. The lowest BCUT2D eigenvalue weighted by Gasteiger charge is -2.42. The summed E-state index contributed by atoms with van der Waals surface area (Å²) in [6.07, 6.45) is 6.21. The van der Waals surface area contributed by atoms with Gasteiger partial charge in [0.2, 0.25) is 5.91 Å². The number of unbranched alkanes of at least 4 members (excludes halogenated alkanes) is 2. The average Bonchev–Trinajstić information content (AvgIpc) is 3.04. The molecule has 0 aromatic heterocycles. The zero-order chi connectivity index (χ0) is 20.2. The number of hydroxylamine groups is 3. The van der Waals surface area contributed by atoms with Gasteiger partial charge in [-0.3, -0.25) is 4.79 Å². The van der Waals surface area contributed by atoms with Gasteiger partial charge in [-0.05, 0) is 43.7 Å². The van der Waals surface area contributed by atoms with E-state index in [-0.39, 0.29) is 10.6 Å². The largest absolute Gasteiger partial charge is 0.388 e. The number of rotatable bonds is 8. The van der Waals surface area contributed by atoms with E-state index in [0.717, 1.165) is 25.3 Å². The van der Waals surface area contributed by atoms with Gasteiger partial charge in [-0.1, -0.05) is 6.07 Å². The van der Waals surface area contributed by atoms with Crippen LogP contribution in [0.3, 0.4) is 0 Å². The van der Waals surface area contributed by atoms with Crippen LogP contribution in [0, 0.1) is 18.1 Å². The second-order valence-electron chi connectivity index (χ2n) is 8.28. The highest BCUT2D eigenvalue weighted by atomic mass is 19.1. The summed E-state index contributed by atoms with van der Waals surface area (Å²) >= 11 is 0. The molecule has 0 unspecified atom stereocenters. The van der Waals surface area contributed by atoms with Crippen molar-refractivity contribution < 1.29 is 28.5 Å². The van der Waals surface area contributed by atoms with E-state index < -0.39 is 17.2 Å². The van der Waals surface area contributed by atoms with E-state index >= 15 is 0 Å². The van der Waals surface area contributed by atoms with Crippen molar-refractivity contribution in [1.82, 2.24) is 4.90 Å². The molecule has 2 fully saturated rings. The minimum absolute atomic E-state index is 0.0744. The van der Waals surface area contributed by atoms with Crippen LogP contribution < -0.4 is 0 Å². The van der Waals surface area contributed by atoms with E-state index in [9.17, 15) is 23.9 Å². The fraction of sp³-hybridized carbons (Fsp3) is 0.619. The molecule has 1 aromatic carbocycles. The predicted octanol–water partition coefficient (Wildman–Crippen LogP) is 2.85. The number of aliphatic hydroxyl groups is 1. The molecular weight excluding hydrogens is 366 g/mol. The highest BCUT2D eigenvalue weighted by Crippen LogP contribution is 2.28. The van der Waals surface area contributed by atoms with Crippen molar-refractivity contribution >= 4 is 5.91 Å². The maximum atomic E-state index is 13.6. The molecule has 2 N–H and O–H groups in total. The molecule has 0 spiro atoms. The molecule has 2 saturated heterocycles. The number of likely N-dealkylation sites (tertiary alicyclic amines) is 2. The fourth-order valence-electron chi connectivity index (χ4n) is 4.15. The van der Waals surface area contributed by atoms with Crippen molar-refractivity contribution in [3.05, 3.63) is 41.8 Å². The number of carbonyl (C=O) groups excluding carboxylic acids is 1. The van der Waals surface area contributed by atoms with Gasteiger partial charge in [0.15, 0.2) is 0 Å². The molecule has 5 nitrogen and oxygen atoms in total. The van der Waals surface area contributed by atoms with Gasteiger partial charge in [0, 0.05) is 38.4 Å². The van der Waals surface area contributed by atoms with Crippen molar-refractivity contribution in [2.24, 2.45) is 0 Å². The standard InChI is InChI=1S/C21H30F2N2O3/c22-18-8-7-17(19(23)15-18)5-2-1-3-12-25(28)13-9-21(27,10-14-25)16-24-11-4-6-20(24)26/h2,7-8,15,27-28H,1,3-6,9-14,16H2/q+1. The van der Waals surface area contributed by atoms with E-state index in [0.29, 0.717) is 64.0 Å². The van der Waals surface area contributed by atoms with Crippen LogP contribution in [0.25, 0.3) is 0 Å². The molecule has 0 aliphatic carbocycles. The topological polar surface area (TPSA) is 60.8 Å². The van der Waals surface area contributed by atoms with Crippen molar-refractivity contribution in [3.8, 4) is 0 Å². The maximum absolute atomic E-state index is 13.6. The minimum Gasteiger partial charge on any atom is -0.388 e. The Morgan fingerprint density at radius 3 is 2.64 bits per heavy atom. The molecule has 2 aliphatic rings. The van der Waals surface area contributed by atoms with Gasteiger partial charge in [0.1, 0.15) is 31.3 Å². The number of nitrogens with zero attached hydrogens (tertiary/aromatic N) is 2. The smallest absolute Gasteiger partial charge is 0.222 e. The second kappa shape index (κ2) is 8.84. The van der Waals surface area contributed by atoms with Gasteiger partial charge in [-0.15, -0.1) is 0 Å². The first-order valence-corrected chi connectivity index (χ1v) is 10.1. The number of carbonyl (C=O) groups is 1. The van der Waals surface area contributed by atoms with Crippen LogP contribution in [0.4, 0.5) is 8.78 Å². The van der Waals surface area contributed by atoms with Crippen molar-refractivity contribution in [3.63, 3.8) is 0 Å². The van der Waals surface area contributed by atoms with E-state index in [2.05, 4.69) is 0 Å². The number of halogens is 2. The molecule has 1 radical (unpaired) electrons. The van der Waals surface area contributed by atoms with E-state index in [4.69, 9.17) is 0 Å². The number of benzene rings is 1. The molecule has 28 heavy (non-hydrogen) atoms. The monoisotopic (exact) mass is 396 g/mol. The van der Waals surface area contributed by atoms with Gasteiger partial charge in [-0.25, -0.2) is 14.0 Å². The van der Waals surface area contributed by atoms with Crippen molar-refractivity contribution in [2.45, 2.75) is 50.5 Å². The molecule has 2 aliphatic heterocycles. The van der Waals surface area contributed by atoms with Crippen LogP contribution in [0.1, 0.15) is 44.1 Å². The van der Waals surface area contributed by atoms with Gasteiger partial charge < -0.3 is 10.0 Å². The van der Waals surface area contributed by atoms with Crippen molar-refractivity contribution in [1.29, 1.82) is 0 Å². The Balaban J connectivity index is 1.36. The number of piperidine rings is 1. The third kappa shape index (κ3) is 5.49. The molecule has 0 saturated carbocycles. The average molecular weight is 396 g/mol. The molecule has 0 atom stereocenters. The molecule has 3 rings (SSSR count). The van der Waals surface area contributed by atoms with Gasteiger partial charge in [0.25, 0.3) is 0 Å². The molecule has 1 aromatic rings. The van der Waals surface area contributed by atoms with Gasteiger partial charge >= 0.3 is 0 Å². The van der Waals surface area contributed by atoms with Crippen LogP contribution in [-0.2, 0) is 11.2 Å². The maximum Gasteiger partial charge on any atom is 0.222 e. The summed E-state index contributed by atoms with van der Waals surface area (Å²) in [6.45, 7) is 2.57. The van der Waals surface area contributed by atoms with E-state index in [1.54, 1.807) is 4.90 Å². The Bertz CT molecular complexity index is 690. The normalized spacial score (nSPS) is 28.1. The third-order valence-electron chi connectivity index (χ3n) is 6.01. The lowest BCUT2D eigenvalue weighted by atomic mass is 9.90. The third-order valence-corrected chi connectivity index (χ3v) is 6.01. The number of hydrogen-bond donors (Lipinski definition) is 2. The highest BCUT2D eigenvalue weighted by Gasteiger charge is 2.43. The number of β-amino-alcohol motifs (C(OH)–C–C–N with tert-alkyl or cyclic N) is 1. The molecule has 155 valence electrons. The Labute approximate surface area is 165 Å². The lowest BCUT2D eigenvalue weighted by molar-refractivity contribution is -1.11. The van der Waals surface area contributed by atoms with Crippen LogP contribution in [0.2, 0.25) is 0 Å². The quantitative estimate of drug-likeness (QED) is 0.525. The fourth-order valence-corrected chi connectivity index (χ4v) is 4.15. The summed E-state index contributed by atoms with van der Waals surface area (Å²) in [5.41, 5.74) is -0.440. The number of hydrogen-bond acceptors (Lipinski definition) is 3. The first kappa shape index (κ1) is 21.1. The Morgan fingerprint density at radius 2 is 2.00 bits per heavy atom. The van der Waals surface area contributed by atoms with Gasteiger partial charge in [0.05, 0.1) is 5.60 Å². The molecule has 1 amide bonds. The number of amides is 1. The summed E-state index contributed by atoms with van der Waals surface area (Å²) in [6, 6.07) is 3.60. The van der Waals surface area contributed by atoms with Crippen LogP contribution in [-0.4, -0.2) is 64.1 Å². The molecule has 0 bridgehead atoms. The van der Waals surface area contributed by atoms with E-state index in [1.807, 2.05) is 6.42 Å². The zero-order valence-corrected chi connectivity index (χ0v) is 16.2. The summed E-state index contributed by atoms with van der Waals surface area (Å²) in [5.74, 6) is -1.00. The van der Waals surface area contributed by atoms with Crippen molar-refractivity contribution in [2.75, 3.05) is 32.7 Å². The first-order valence-electron chi connectivity index (χ1n) is 10.1. The van der Waals surface area contributed by atoms with E-state index in [1.165, 1.54) is 12.1 Å². The van der Waals surface area contributed by atoms with Crippen LogP contribution >= 0.6 is 0 Å². The summed E-state index contributed by atoms with van der Waals surface area (Å²) in [7, 11) is 0. The highest BCUT2D eigenvalue weighted by molar-refractivity contribution is 5.78. The Morgan fingerprint density at radius 1 is 1.25 bits per heavy atom. The van der Waals surface area contributed by atoms with Crippen LogP contribution in [0.5, 0.6) is 0 Å². The summed E-state index contributed by atoms with van der Waals surface area (Å²) in [4.78, 5) is 13.5. The Kier molecular flexibility index (Phi) is 6.68. The van der Waals surface area contributed by atoms with Crippen LogP contribution in [0.15, 0.2) is 18.2 Å². The summed E-state index contributed by atoms with van der Waals surface area (Å²) in [5, 5.41) is 21.5. The minimum atomic E-state index is -0.906. The SMILES string of the molecule is O=C1CCCN1CC1(O)CC[N+](O)(CCC[CH]Cc2ccc(F)cc2F)CC1. The second-order valence-corrected chi connectivity index (χ2v) is 8.28. The lowest BCUT2D eigenvalue weighted by Crippen LogP contribution is -2.58. The molecule has 7 heteroatoms. The predicted molar refractivity (Wildman–Crippen MR) is 100 cm³/mol. The molecule has 2 heterocycles. The first-order chi connectivity index (χ1) is 13.3. The zero-order valence-electron chi connectivity index (χ0n) is 16.2. The molecular formula is C21H30F2N2O3+. The van der Waals surface area contributed by atoms with Gasteiger partial charge in [-0.2, -0.15) is 4.65 Å². The summed E-state index contributed by atoms with van der Waals surface area (Å²) < 4.78 is 26.4.